The van der Waals surface area contributed by atoms with Crippen molar-refractivity contribution in [1.82, 2.24) is 4.98 Å². The molecular weight excluding hydrogens is 278 g/mol. The van der Waals surface area contributed by atoms with Gasteiger partial charge in [-0.3, -0.25) is 0 Å². The highest BCUT2D eigenvalue weighted by Crippen LogP contribution is 2.27. The fourth-order valence-corrected chi connectivity index (χ4v) is 2.92. The summed E-state index contributed by atoms with van der Waals surface area (Å²) in [5, 5.41) is 0.732. The van der Waals surface area contributed by atoms with Gasteiger partial charge in [-0.15, -0.1) is 11.8 Å². The first-order valence-corrected chi connectivity index (χ1v) is 7.28. The molecule has 4 N–H and O–H groups in total. The van der Waals surface area contributed by atoms with Gasteiger partial charge in [0.05, 0.1) is 0 Å². The Morgan fingerprint density at radius 1 is 1.37 bits per heavy atom. The van der Waals surface area contributed by atoms with E-state index in [1.807, 2.05) is 37.3 Å². The lowest BCUT2D eigenvalue weighted by Gasteiger charge is -2.14. The number of aromatic nitrogens is 1. The van der Waals surface area contributed by atoms with Crippen LogP contribution in [0.25, 0.3) is 0 Å². The Morgan fingerprint density at radius 2 is 2.16 bits per heavy atom. The smallest absolute Gasteiger partial charge is 0.128 e. The second-order valence-electron chi connectivity index (χ2n) is 4.36. The van der Waals surface area contributed by atoms with Crippen molar-refractivity contribution < 1.29 is 0 Å². The van der Waals surface area contributed by atoms with Gasteiger partial charge in [-0.2, -0.15) is 0 Å². The van der Waals surface area contributed by atoms with E-state index in [9.17, 15) is 0 Å². The topological polar surface area (TPSA) is 64.9 Å². The number of aryl methyl sites for hydroxylation is 1. The van der Waals surface area contributed by atoms with E-state index in [1.54, 1.807) is 18.0 Å². The number of hydrogen-bond acceptors (Lipinski definition) is 4. The third kappa shape index (κ3) is 3.86. The maximum Gasteiger partial charge on any atom is 0.128 e. The standard InChI is InChI=1S/C14H16ClN3S/c1-9-5-12(14(17)18-7-9)13(16)8-19-11-4-2-3-10(15)6-11/h2-7,13H,8,16H2,1H3,(H2,17,18). The van der Waals surface area contributed by atoms with E-state index in [0.717, 1.165) is 26.8 Å². The van der Waals surface area contributed by atoms with Gasteiger partial charge in [-0.1, -0.05) is 17.7 Å². The summed E-state index contributed by atoms with van der Waals surface area (Å²) in [6.45, 7) is 1.98. The zero-order valence-corrected chi connectivity index (χ0v) is 12.2. The SMILES string of the molecule is Cc1cnc(N)c(C(N)CSc2cccc(Cl)c2)c1. The Kier molecular flexibility index (Phi) is 4.69. The molecule has 5 heteroatoms. The van der Waals surface area contributed by atoms with Gasteiger partial charge in [0.15, 0.2) is 0 Å². The predicted molar refractivity (Wildman–Crippen MR) is 82.5 cm³/mol. The lowest BCUT2D eigenvalue weighted by atomic mass is 10.1. The summed E-state index contributed by atoms with van der Waals surface area (Å²) >= 11 is 7.61. The van der Waals surface area contributed by atoms with Crippen LogP contribution in [0.3, 0.4) is 0 Å². The largest absolute Gasteiger partial charge is 0.383 e. The van der Waals surface area contributed by atoms with Crippen LogP contribution in [0.4, 0.5) is 5.82 Å². The minimum atomic E-state index is -0.142. The van der Waals surface area contributed by atoms with Crippen molar-refractivity contribution in [3.63, 3.8) is 0 Å². The first-order chi connectivity index (χ1) is 9.06. The highest BCUT2D eigenvalue weighted by molar-refractivity contribution is 7.99. The maximum absolute atomic E-state index is 6.18. The fraction of sp³-hybridized carbons (Fsp3) is 0.214. The molecule has 1 unspecified atom stereocenters. The van der Waals surface area contributed by atoms with Crippen LogP contribution in [-0.2, 0) is 0 Å². The summed E-state index contributed by atoms with van der Waals surface area (Å²) in [6, 6.07) is 9.58. The van der Waals surface area contributed by atoms with Crippen molar-refractivity contribution in [3.8, 4) is 0 Å². The fourth-order valence-electron chi connectivity index (χ4n) is 1.73. The van der Waals surface area contributed by atoms with E-state index < -0.39 is 0 Å². The number of nitrogen functional groups attached to an aromatic ring is 1. The van der Waals surface area contributed by atoms with E-state index in [1.165, 1.54) is 0 Å². The molecule has 0 bridgehead atoms. The molecule has 0 aliphatic heterocycles. The lowest BCUT2D eigenvalue weighted by molar-refractivity contribution is 0.826. The highest BCUT2D eigenvalue weighted by atomic mass is 35.5. The van der Waals surface area contributed by atoms with Crippen LogP contribution < -0.4 is 11.5 Å². The minimum Gasteiger partial charge on any atom is -0.383 e. The number of nitrogens with two attached hydrogens (primary N) is 2. The molecule has 2 aromatic rings. The Morgan fingerprint density at radius 3 is 2.89 bits per heavy atom. The highest BCUT2D eigenvalue weighted by Gasteiger charge is 2.11. The van der Waals surface area contributed by atoms with Crippen LogP contribution in [0.1, 0.15) is 17.2 Å². The Bertz CT molecular complexity index is 574. The van der Waals surface area contributed by atoms with Gasteiger partial charge < -0.3 is 11.5 Å². The summed E-state index contributed by atoms with van der Waals surface area (Å²) in [4.78, 5) is 5.24. The molecule has 0 saturated heterocycles. The van der Waals surface area contributed by atoms with Crippen LogP contribution in [0.2, 0.25) is 5.02 Å². The lowest BCUT2D eigenvalue weighted by Crippen LogP contribution is -2.16. The van der Waals surface area contributed by atoms with Gasteiger partial charge in [0, 0.05) is 33.5 Å². The molecule has 19 heavy (non-hydrogen) atoms. The number of hydrogen-bond donors (Lipinski definition) is 2. The van der Waals surface area contributed by atoms with Crippen LogP contribution in [0.15, 0.2) is 41.4 Å². The van der Waals surface area contributed by atoms with Crippen LogP contribution in [0, 0.1) is 6.92 Å². The van der Waals surface area contributed by atoms with Crippen molar-refractivity contribution in [1.29, 1.82) is 0 Å². The molecule has 1 aromatic carbocycles. The number of thioether (sulfide) groups is 1. The Hall–Kier alpha value is -1.23. The quantitative estimate of drug-likeness (QED) is 0.848. The first kappa shape index (κ1) is 14.2. The van der Waals surface area contributed by atoms with E-state index in [0.29, 0.717) is 5.82 Å². The molecule has 0 amide bonds. The minimum absolute atomic E-state index is 0.142. The van der Waals surface area contributed by atoms with E-state index >= 15 is 0 Å². The van der Waals surface area contributed by atoms with Crippen LogP contribution >= 0.6 is 23.4 Å². The van der Waals surface area contributed by atoms with Crippen molar-refractivity contribution in [2.24, 2.45) is 5.73 Å². The summed E-state index contributed by atoms with van der Waals surface area (Å²) in [5.41, 5.74) is 14.0. The molecule has 2 rings (SSSR count). The monoisotopic (exact) mass is 293 g/mol. The van der Waals surface area contributed by atoms with Gasteiger partial charge in [-0.05, 0) is 36.8 Å². The molecule has 0 aliphatic carbocycles. The number of pyridine rings is 1. The van der Waals surface area contributed by atoms with E-state index in [-0.39, 0.29) is 6.04 Å². The zero-order chi connectivity index (χ0) is 13.8. The maximum atomic E-state index is 6.18. The molecule has 0 spiro atoms. The van der Waals surface area contributed by atoms with Gasteiger partial charge >= 0.3 is 0 Å². The van der Waals surface area contributed by atoms with Gasteiger partial charge in [-0.25, -0.2) is 4.98 Å². The molecular formula is C14H16ClN3S. The third-order valence-corrected chi connectivity index (χ3v) is 4.06. The molecule has 1 heterocycles. The Balaban J connectivity index is 2.05. The second-order valence-corrected chi connectivity index (χ2v) is 5.89. The first-order valence-electron chi connectivity index (χ1n) is 5.92. The molecule has 1 aromatic heterocycles. The van der Waals surface area contributed by atoms with Gasteiger partial charge in [0.25, 0.3) is 0 Å². The predicted octanol–water partition coefficient (Wildman–Crippen LogP) is 3.42. The van der Waals surface area contributed by atoms with Gasteiger partial charge in [0.1, 0.15) is 5.82 Å². The number of anilines is 1. The Labute approximate surface area is 122 Å². The van der Waals surface area contributed by atoms with Gasteiger partial charge in [0.2, 0.25) is 0 Å². The normalized spacial score (nSPS) is 12.4. The average molecular weight is 294 g/mol. The van der Waals surface area contributed by atoms with E-state index in [2.05, 4.69) is 4.98 Å². The molecule has 0 radical (unpaired) electrons. The van der Waals surface area contributed by atoms with Crippen LogP contribution in [-0.4, -0.2) is 10.7 Å². The number of benzene rings is 1. The molecule has 1 atom stereocenters. The molecule has 0 aliphatic rings. The third-order valence-electron chi connectivity index (χ3n) is 2.71. The van der Waals surface area contributed by atoms with E-state index in [4.69, 9.17) is 23.1 Å². The van der Waals surface area contributed by atoms with Crippen molar-refractivity contribution in [3.05, 3.63) is 52.7 Å². The molecule has 0 fully saturated rings. The second kappa shape index (κ2) is 6.28. The van der Waals surface area contributed by atoms with Crippen LogP contribution in [0.5, 0.6) is 0 Å². The van der Waals surface area contributed by atoms with Crippen molar-refractivity contribution >= 4 is 29.2 Å². The molecule has 0 saturated carbocycles. The van der Waals surface area contributed by atoms with Crippen molar-refractivity contribution in [2.75, 3.05) is 11.5 Å². The summed E-state index contributed by atoms with van der Waals surface area (Å²) in [6.07, 6.45) is 1.75. The summed E-state index contributed by atoms with van der Waals surface area (Å²) < 4.78 is 0. The zero-order valence-electron chi connectivity index (χ0n) is 10.6. The molecule has 100 valence electrons. The number of halogens is 1. The summed E-state index contributed by atoms with van der Waals surface area (Å²) in [5.74, 6) is 1.24. The average Bonchev–Trinajstić information content (AvgIpc) is 2.39. The van der Waals surface area contributed by atoms with Crippen molar-refractivity contribution in [2.45, 2.75) is 17.9 Å². The number of nitrogens with zero attached hydrogens (tertiary/aromatic N) is 1. The summed E-state index contributed by atoms with van der Waals surface area (Å²) in [7, 11) is 0. The number of rotatable bonds is 4. The molecule has 3 nitrogen and oxygen atoms in total.